The van der Waals surface area contributed by atoms with Gasteiger partial charge in [0.1, 0.15) is 5.75 Å². The lowest BCUT2D eigenvalue weighted by Crippen LogP contribution is -2.28. The van der Waals surface area contributed by atoms with Crippen molar-refractivity contribution in [1.82, 2.24) is 10.3 Å². The summed E-state index contributed by atoms with van der Waals surface area (Å²) in [7, 11) is 1.57. The second-order valence-electron chi connectivity index (χ2n) is 5.07. The van der Waals surface area contributed by atoms with Crippen LogP contribution in [0.3, 0.4) is 0 Å². The number of para-hydroxylation sites is 2. The van der Waals surface area contributed by atoms with Crippen molar-refractivity contribution in [3.63, 3.8) is 0 Å². The molecule has 0 unspecified atom stereocenters. The number of methoxy groups -OCH3 is 1. The molecule has 3 rings (SSSR count). The summed E-state index contributed by atoms with van der Waals surface area (Å²) in [4.78, 5) is 16.4. The van der Waals surface area contributed by atoms with Gasteiger partial charge in [-0.05, 0) is 41.3 Å². The van der Waals surface area contributed by atoms with Crippen LogP contribution in [0.25, 0.3) is 11.3 Å². The van der Waals surface area contributed by atoms with Crippen molar-refractivity contribution < 1.29 is 9.53 Å². The average molecular weight is 339 g/mol. The molecular weight excluding hydrogens is 322 g/mol. The van der Waals surface area contributed by atoms with Crippen LogP contribution in [-0.4, -0.2) is 18.1 Å². The zero-order valence-corrected chi connectivity index (χ0v) is 14.0. The van der Waals surface area contributed by atoms with Crippen LogP contribution >= 0.6 is 11.3 Å². The first-order chi connectivity index (χ1) is 11.8. The van der Waals surface area contributed by atoms with Crippen molar-refractivity contribution in [2.45, 2.75) is 6.54 Å². The number of nitrogens with one attached hydrogen (secondary N) is 2. The minimum Gasteiger partial charge on any atom is -0.495 e. The van der Waals surface area contributed by atoms with Crippen molar-refractivity contribution in [3.8, 4) is 17.0 Å². The van der Waals surface area contributed by atoms with Crippen LogP contribution < -0.4 is 15.4 Å². The van der Waals surface area contributed by atoms with Crippen molar-refractivity contribution >= 4 is 23.1 Å². The maximum Gasteiger partial charge on any atom is 0.319 e. The van der Waals surface area contributed by atoms with Gasteiger partial charge in [0.25, 0.3) is 0 Å². The molecule has 2 amide bonds. The summed E-state index contributed by atoms with van der Waals surface area (Å²) in [6.45, 7) is 0.417. The number of carbonyl (C=O) groups excluding carboxylic acids is 1. The monoisotopic (exact) mass is 339 g/mol. The topological polar surface area (TPSA) is 63.2 Å². The number of hydrogen-bond donors (Lipinski definition) is 2. The largest absolute Gasteiger partial charge is 0.495 e. The Kier molecular flexibility index (Phi) is 5.08. The van der Waals surface area contributed by atoms with Gasteiger partial charge < -0.3 is 15.4 Å². The summed E-state index contributed by atoms with van der Waals surface area (Å²) in [6, 6.07) is 12.9. The Morgan fingerprint density at radius 1 is 1.25 bits per heavy atom. The van der Waals surface area contributed by atoms with Gasteiger partial charge in [0.05, 0.1) is 18.5 Å². The van der Waals surface area contributed by atoms with Crippen LogP contribution in [-0.2, 0) is 6.54 Å². The lowest BCUT2D eigenvalue weighted by Gasteiger charge is -2.11. The van der Waals surface area contributed by atoms with Crippen LogP contribution in [0.2, 0.25) is 0 Å². The number of anilines is 1. The number of ether oxygens (including phenoxy) is 1. The Bertz CT molecular complexity index is 819. The van der Waals surface area contributed by atoms with E-state index in [-0.39, 0.29) is 6.03 Å². The smallest absolute Gasteiger partial charge is 0.319 e. The summed E-state index contributed by atoms with van der Waals surface area (Å²) in [6.07, 6.45) is 1.75. The van der Waals surface area contributed by atoms with Gasteiger partial charge in [-0.25, -0.2) is 4.79 Å². The Hall–Kier alpha value is -2.86. The molecule has 0 atom stereocenters. The van der Waals surface area contributed by atoms with Crippen LogP contribution in [0.5, 0.6) is 5.75 Å². The van der Waals surface area contributed by atoms with Gasteiger partial charge in [0.2, 0.25) is 0 Å². The quantitative estimate of drug-likeness (QED) is 0.734. The van der Waals surface area contributed by atoms with E-state index in [4.69, 9.17) is 4.74 Å². The van der Waals surface area contributed by atoms with Gasteiger partial charge in [0.15, 0.2) is 0 Å². The predicted octanol–water partition coefficient (Wildman–Crippen LogP) is 4.14. The number of rotatable bonds is 5. The molecule has 2 aromatic heterocycles. The molecule has 0 radical (unpaired) electrons. The molecule has 0 saturated heterocycles. The molecule has 0 saturated carbocycles. The van der Waals surface area contributed by atoms with E-state index in [0.717, 1.165) is 16.8 Å². The van der Waals surface area contributed by atoms with Crippen LogP contribution in [0.15, 0.2) is 59.4 Å². The molecular formula is C18H17N3O2S. The van der Waals surface area contributed by atoms with Crippen molar-refractivity contribution in [3.05, 3.63) is 65.0 Å². The lowest BCUT2D eigenvalue weighted by molar-refractivity contribution is 0.251. The van der Waals surface area contributed by atoms with E-state index in [9.17, 15) is 4.79 Å². The van der Waals surface area contributed by atoms with E-state index < -0.39 is 0 Å². The third-order valence-electron chi connectivity index (χ3n) is 3.45. The normalized spacial score (nSPS) is 10.2. The third kappa shape index (κ3) is 3.91. The Morgan fingerprint density at radius 3 is 2.92 bits per heavy atom. The summed E-state index contributed by atoms with van der Waals surface area (Å²) in [5.41, 5.74) is 3.61. The highest BCUT2D eigenvalue weighted by Crippen LogP contribution is 2.23. The second kappa shape index (κ2) is 7.61. The first-order valence-electron chi connectivity index (χ1n) is 7.41. The molecule has 0 spiro atoms. The Balaban J connectivity index is 1.61. The summed E-state index contributed by atoms with van der Waals surface area (Å²) in [5.74, 6) is 0.622. The Morgan fingerprint density at radius 2 is 2.12 bits per heavy atom. The number of nitrogens with zero attached hydrogens (tertiary/aromatic N) is 1. The van der Waals surface area contributed by atoms with Crippen molar-refractivity contribution in [1.29, 1.82) is 0 Å². The second-order valence-corrected chi connectivity index (χ2v) is 5.85. The summed E-state index contributed by atoms with van der Waals surface area (Å²) in [5, 5.41) is 9.69. The standard InChI is InChI=1S/C18H17N3O2S/c1-23-17-5-3-2-4-15(17)21-18(22)20-11-13-6-8-19-16(10-13)14-7-9-24-12-14/h2-10,12H,11H2,1H3,(H2,20,21,22). The minimum absolute atomic E-state index is 0.284. The van der Waals surface area contributed by atoms with E-state index in [0.29, 0.717) is 18.0 Å². The van der Waals surface area contributed by atoms with Crippen LogP contribution in [0.1, 0.15) is 5.56 Å². The number of benzene rings is 1. The van der Waals surface area contributed by atoms with E-state index >= 15 is 0 Å². The molecule has 5 nitrogen and oxygen atoms in total. The van der Waals surface area contributed by atoms with Gasteiger partial charge in [0, 0.05) is 23.7 Å². The number of carbonyl (C=O) groups is 1. The highest BCUT2D eigenvalue weighted by Gasteiger charge is 2.07. The molecule has 3 aromatic rings. The maximum atomic E-state index is 12.1. The molecule has 0 bridgehead atoms. The first kappa shape index (κ1) is 16.0. The number of thiophene rings is 1. The SMILES string of the molecule is COc1ccccc1NC(=O)NCc1ccnc(-c2ccsc2)c1. The first-order valence-corrected chi connectivity index (χ1v) is 8.36. The van der Waals surface area contributed by atoms with Gasteiger partial charge in [-0.3, -0.25) is 4.98 Å². The van der Waals surface area contributed by atoms with Crippen molar-refractivity contribution in [2.24, 2.45) is 0 Å². The zero-order chi connectivity index (χ0) is 16.8. The number of hydrogen-bond acceptors (Lipinski definition) is 4. The molecule has 24 heavy (non-hydrogen) atoms. The lowest BCUT2D eigenvalue weighted by atomic mass is 10.1. The maximum absolute atomic E-state index is 12.1. The van der Waals surface area contributed by atoms with Gasteiger partial charge in [-0.2, -0.15) is 11.3 Å². The fourth-order valence-electron chi connectivity index (χ4n) is 2.25. The van der Waals surface area contributed by atoms with E-state index in [1.165, 1.54) is 0 Å². The fraction of sp³-hybridized carbons (Fsp3) is 0.111. The fourth-order valence-corrected chi connectivity index (χ4v) is 2.90. The number of aromatic nitrogens is 1. The van der Waals surface area contributed by atoms with E-state index in [2.05, 4.69) is 15.6 Å². The molecule has 1 aromatic carbocycles. The number of amides is 2. The van der Waals surface area contributed by atoms with Gasteiger partial charge in [-0.15, -0.1) is 0 Å². The zero-order valence-electron chi connectivity index (χ0n) is 13.2. The number of pyridine rings is 1. The Labute approximate surface area is 144 Å². The van der Waals surface area contributed by atoms with E-state index in [1.807, 2.05) is 41.1 Å². The molecule has 0 aliphatic heterocycles. The highest BCUT2D eigenvalue weighted by atomic mass is 32.1. The predicted molar refractivity (Wildman–Crippen MR) is 96.4 cm³/mol. The van der Waals surface area contributed by atoms with Gasteiger partial charge >= 0.3 is 6.03 Å². The van der Waals surface area contributed by atoms with Crippen molar-refractivity contribution in [2.75, 3.05) is 12.4 Å². The molecule has 2 N–H and O–H groups in total. The van der Waals surface area contributed by atoms with E-state index in [1.54, 1.807) is 36.8 Å². The molecule has 6 heteroatoms. The minimum atomic E-state index is -0.284. The third-order valence-corrected chi connectivity index (χ3v) is 4.13. The molecule has 0 aliphatic carbocycles. The summed E-state index contributed by atoms with van der Waals surface area (Å²) < 4.78 is 5.22. The molecule has 0 aliphatic rings. The van der Waals surface area contributed by atoms with Crippen LogP contribution in [0, 0.1) is 0 Å². The molecule has 0 fully saturated rings. The number of urea groups is 1. The van der Waals surface area contributed by atoms with Gasteiger partial charge in [-0.1, -0.05) is 12.1 Å². The average Bonchev–Trinajstić information content (AvgIpc) is 3.15. The highest BCUT2D eigenvalue weighted by molar-refractivity contribution is 7.08. The van der Waals surface area contributed by atoms with Crippen LogP contribution in [0.4, 0.5) is 10.5 Å². The summed E-state index contributed by atoms with van der Waals surface area (Å²) >= 11 is 1.63. The molecule has 122 valence electrons. The molecule has 2 heterocycles.